The largest absolute Gasteiger partial charge is 0.348 e. The molecule has 2 N–H and O–H groups in total. The smallest absolute Gasteiger partial charge is 0.234 e. The zero-order chi connectivity index (χ0) is 17.0. The summed E-state index contributed by atoms with van der Waals surface area (Å²) in [5.74, 6) is 0.0848. The van der Waals surface area contributed by atoms with Gasteiger partial charge in [-0.25, -0.2) is 0 Å². The highest BCUT2D eigenvalue weighted by atomic mass is 35.5. The molecule has 8 heteroatoms. The Kier molecular flexibility index (Phi) is 10.7. The van der Waals surface area contributed by atoms with Crippen LogP contribution in [-0.2, 0) is 11.3 Å². The molecule has 0 aromatic carbocycles. The van der Waals surface area contributed by atoms with Gasteiger partial charge in [0.15, 0.2) is 0 Å². The number of likely N-dealkylation sites (N-methyl/N-ethyl adjacent to an activating group) is 1. The van der Waals surface area contributed by atoms with E-state index in [1.165, 1.54) is 0 Å². The first-order valence-electron chi connectivity index (χ1n) is 8.68. The summed E-state index contributed by atoms with van der Waals surface area (Å²) in [6, 6.07) is 0.493. The molecule has 25 heavy (non-hydrogen) atoms. The highest BCUT2D eigenvalue weighted by molar-refractivity contribution is 5.85. The number of halogens is 2. The van der Waals surface area contributed by atoms with Crippen molar-refractivity contribution in [3.05, 3.63) is 17.0 Å². The van der Waals surface area contributed by atoms with Crippen molar-refractivity contribution in [2.75, 3.05) is 26.7 Å². The van der Waals surface area contributed by atoms with Crippen molar-refractivity contribution in [3.63, 3.8) is 0 Å². The summed E-state index contributed by atoms with van der Waals surface area (Å²) in [7, 11) is 2.05. The second-order valence-corrected chi connectivity index (χ2v) is 6.59. The molecule has 0 saturated carbocycles. The molecule has 6 nitrogen and oxygen atoms in total. The molecule has 0 aliphatic carbocycles. The van der Waals surface area contributed by atoms with Gasteiger partial charge in [-0.1, -0.05) is 0 Å². The van der Waals surface area contributed by atoms with Crippen LogP contribution in [0.4, 0.5) is 0 Å². The molecule has 0 radical (unpaired) electrons. The zero-order valence-electron chi connectivity index (χ0n) is 16.0. The first-order chi connectivity index (χ1) is 10.9. The third-order valence-electron chi connectivity index (χ3n) is 4.87. The topological polar surface area (TPSA) is 62.2 Å². The van der Waals surface area contributed by atoms with E-state index < -0.39 is 0 Å². The summed E-state index contributed by atoms with van der Waals surface area (Å²) < 4.78 is 1.99. The van der Waals surface area contributed by atoms with E-state index in [0.29, 0.717) is 12.6 Å². The number of carbonyl (C=O) groups excluding carboxylic acids is 1. The van der Waals surface area contributed by atoms with E-state index in [4.69, 9.17) is 0 Å². The third kappa shape index (κ3) is 6.13. The molecule has 1 amide bonds. The Balaban J connectivity index is 0.00000288. The van der Waals surface area contributed by atoms with Gasteiger partial charge >= 0.3 is 0 Å². The number of hydrogen-bond donors (Lipinski definition) is 2. The quantitative estimate of drug-likeness (QED) is 0.777. The summed E-state index contributed by atoms with van der Waals surface area (Å²) in [6.07, 6.45) is 2.22. The number of carbonyl (C=O) groups is 1. The van der Waals surface area contributed by atoms with Crippen molar-refractivity contribution in [2.24, 2.45) is 0 Å². The average molecular weight is 394 g/mol. The molecule has 1 atom stereocenters. The fourth-order valence-corrected chi connectivity index (χ4v) is 3.61. The number of aromatic nitrogens is 2. The lowest BCUT2D eigenvalue weighted by Gasteiger charge is -2.31. The molecule has 146 valence electrons. The van der Waals surface area contributed by atoms with Crippen LogP contribution >= 0.6 is 24.8 Å². The van der Waals surface area contributed by atoms with Crippen LogP contribution in [0.25, 0.3) is 0 Å². The standard InChI is InChI=1S/C17H31N5O.2ClH/c1-6-22-14(4)17(13(3)20-22)12(2)19-16(23)11-21(5)15-7-9-18-10-8-15;;/h12,15,18H,6-11H2,1-5H3,(H,19,23);2*1H. The van der Waals surface area contributed by atoms with Gasteiger partial charge in [0.05, 0.1) is 18.3 Å². The van der Waals surface area contributed by atoms with E-state index in [0.717, 1.165) is 49.4 Å². The van der Waals surface area contributed by atoms with E-state index in [-0.39, 0.29) is 36.8 Å². The van der Waals surface area contributed by atoms with Crippen LogP contribution in [0.5, 0.6) is 0 Å². The van der Waals surface area contributed by atoms with Gasteiger partial charge in [0.1, 0.15) is 0 Å². The van der Waals surface area contributed by atoms with Crippen LogP contribution < -0.4 is 10.6 Å². The lowest BCUT2D eigenvalue weighted by molar-refractivity contribution is -0.123. The molecule has 1 aromatic rings. The third-order valence-corrected chi connectivity index (χ3v) is 4.87. The summed E-state index contributed by atoms with van der Waals surface area (Å²) in [4.78, 5) is 14.6. The van der Waals surface area contributed by atoms with Crippen LogP contribution in [0.1, 0.15) is 49.7 Å². The number of nitrogens with zero attached hydrogens (tertiary/aromatic N) is 3. The van der Waals surface area contributed by atoms with Crippen molar-refractivity contribution in [1.29, 1.82) is 0 Å². The van der Waals surface area contributed by atoms with Gasteiger partial charge in [0.2, 0.25) is 5.91 Å². The summed E-state index contributed by atoms with van der Waals surface area (Å²) in [5.41, 5.74) is 3.29. The average Bonchev–Trinajstić information content (AvgIpc) is 2.82. The summed E-state index contributed by atoms with van der Waals surface area (Å²) in [5, 5.41) is 11.0. The monoisotopic (exact) mass is 393 g/mol. The van der Waals surface area contributed by atoms with Gasteiger partial charge in [-0.05, 0) is 60.7 Å². The Morgan fingerprint density at radius 2 is 1.96 bits per heavy atom. The highest BCUT2D eigenvalue weighted by Crippen LogP contribution is 2.21. The first-order valence-corrected chi connectivity index (χ1v) is 8.68. The maximum atomic E-state index is 12.4. The summed E-state index contributed by atoms with van der Waals surface area (Å²) in [6.45, 7) is 11.6. The minimum absolute atomic E-state index is 0. The highest BCUT2D eigenvalue weighted by Gasteiger charge is 2.22. The van der Waals surface area contributed by atoms with Crippen molar-refractivity contribution >= 4 is 30.7 Å². The number of amides is 1. The van der Waals surface area contributed by atoms with Crippen molar-refractivity contribution in [1.82, 2.24) is 25.3 Å². The van der Waals surface area contributed by atoms with Gasteiger partial charge in [0, 0.05) is 23.8 Å². The fraction of sp³-hybridized carbons (Fsp3) is 0.765. The fourth-order valence-electron chi connectivity index (χ4n) is 3.61. The lowest BCUT2D eigenvalue weighted by atomic mass is 10.0. The molecule has 1 aromatic heterocycles. The van der Waals surface area contributed by atoms with Gasteiger partial charge in [-0.15, -0.1) is 24.8 Å². The lowest BCUT2D eigenvalue weighted by Crippen LogP contribution is -2.45. The van der Waals surface area contributed by atoms with Crippen molar-refractivity contribution in [2.45, 2.75) is 59.2 Å². The molecule has 1 saturated heterocycles. The molecule has 2 heterocycles. The second kappa shape index (κ2) is 11.0. The Morgan fingerprint density at radius 1 is 1.36 bits per heavy atom. The van der Waals surface area contributed by atoms with Gasteiger partial charge in [-0.2, -0.15) is 5.10 Å². The molecule has 2 rings (SSSR count). The Labute approximate surface area is 163 Å². The number of aryl methyl sites for hydroxylation is 2. The minimum atomic E-state index is -0.00998. The SMILES string of the molecule is CCn1nc(C)c(C(C)NC(=O)CN(C)C2CCNCC2)c1C.Cl.Cl. The molecular weight excluding hydrogens is 361 g/mol. The molecule has 0 bridgehead atoms. The molecule has 0 spiro atoms. The Bertz CT molecular complexity index is 543. The number of piperidine rings is 1. The maximum Gasteiger partial charge on any atom is 0.234 e. The van der Waals surface area contributed by atoms with E-state index in [1.54, 1.807) is 0 Å². The van der Waals surface area contributed by atoms with E-state index >= 15 is 0 Å². The van der Waals surface area contributed by atoms with Gasteiger partial charge in [-0.3, -0.25) is 14.4 Å². The molecule has 1 aliphatic rings. The molecular formula is C17H33Cl2N5O. The number of hydrogen-bond acceptors (Lipinski definition) is 4. The second-order valence-electron chi connectivity index (χ2n) is 6.59. The normalized spacial score (nSPS) is 16.1. The Hall–Kier alpha value is -0.820. The molecule has 1 unspecified atom stereocenters. The van der Waals surface area contributed by atoms with Crippen LogP contribution in [0.2, 0.25) is 0 Å². The molecule has 1 fully saturated rings. The van der Waals surface area contributed by atoms with E-state index in [9.17, 15) is 4.79 Å². The maximum absolute atomic E-state index is 12.4. The predicted molar refractivity (Wildman–Crippen MR) is 107 cm³/mol. The predicted octanol–water partition coefficient (Wildman–Crippen LogP) is 2.22. The zero-order valence-corrected chi connectivity index (χ0v) is 17.6. The first kappa shape index (κ1) is 24.2. The van der Waals surface area contributed by atoms with Crippen LogP contribution in [-0.4, -0.2) is 53.3 Å². The van der Waals surface area contributed by atoms with Crippen molar-refractivity contribution in [3.8, 4) is 0 Å². The van der Waals surface area contributed by atoms with Crippen molar-refractivity contribution < 1.29 is 4.79 Å². The molecule has 1 aliphatic heterocycles. The number of nitrogens with one attached hydrogen (secondary N) is 2. The number of rotatable bonds is 6. The van der Waals surface area contributed by atoms with Crippen LogP contribution in [0.3, 0.4) is 0 Å². The minimum Gasteiger partial charge on any atom is -0.348 e. The van der Waals surface area contributed by atoms with Crippen LogP contribution in [0.15, 0.2) is 0 Å². The summed E-state index contributed by atoms with van der Waals surface area (Å²) >= 11 is 0. The van der Waals surface area contributed by atoms with E-state index in [1.807, 2.05) is 25.6 Å². The van der Waals surface area contributed by atoms with Crippen LogP contribution in [0, 0.1) is 13.8 Å². The van der Waals surface area contributed by atoms with E-state index in [2.05, 4.69) is 34.5 Å². The van der Waals surface area contributed by atoms with Gasteiger partial charge < -0.3 is 10.6 Å². The Morgan fingerprint density at radius 3 is 2.48 bits per heavy atom. The van der Waals surface area contributed by atoms with Gasteiger partial charge in [0.25, 0.3) is 0 Å².